The smallest absolute Gasteiger partial charge is 0.285 e. The van der Waals surface area contributed by atoms with Crippen LogP contribution in [0.5, 0.6) is 0 Å². The van der Waals surface area contributed by atoms with E-state index in [0.717, 1.165) is 4.31 Å². The van der Waals surface area contributed by atoms with Gasteiger partial charge in [-0.15, -0.1) is 0 Å². The predicted octanol–water partition coefficient (Wildman–Crippen LogP) is -0.375. The molecule has 2 aliphatic heterocycles. The zero-order valence-electron chi connectivity index (χ0n) is 8.16. The third kappa shape index (κ3) is 1.25. The molecule has 7 heteroatoms. The van der Waals surface area contributed by atoms with Gasteiger partial charge in [0.25, 0.3) is 15.9 Å². The minimum Gasteiger partial charge on any atom is -0.371 e. The Bertz CT molecular complexity index is 565. The van der Waals surface area contributed by atoms with Crippen LogP contribution < -0.4 is 0 Å². The van der Waals surface area contributed by atoms with Gasteiger partial charge >= 0.3 is 0 Å². The first-order valence-corrected chi connectivity index (χ1v) is 6.18. The van der Waals surface area contributed by atoms with Crippen molar-refractivity contribution in [2.24, 2.45) is 0 Å². The number of fused-ring (bicyclic) bond motifs is 1. The van der Waals surface area contributed by atoms with Crippen molar-refractivity contribution in [2.75, 3.05) is 13.2 Å². The number of hydrogen-bond donors (Lipinski definition) is 0. The summed E-state index contributed by atoms with van der Waals surface area (Å²) in [5.41, 5.74) is 0.142. The molecule has 2 aliphatic rings. The highest BCUT2D eigenvalue weighted by Gasteiger charge is 2.44. The number of rotatable bonds is 2. The molecule has 0 radical (unpaired) electrons. The van der Waals surface area contributed by atoms with Crippen LogP contribution in [0.3, 0.4) is 0 Å². The Kier molecular flexibility index (Phi) is 1.84. The topological polar surface area (TPSA) is 79.9 Å². The van der Waals surface area contributed by atoms with E-state index in [0.29, 0.717) is 6.61 Å². The molecule has 1 amide bonds. The maximum Gasteiger partial charge on any atom is 0.285 e. The molecule has 0 N–H and O–H groups in total. The molecular weight excluding hydrogens is 232 g/mol. The van der Waals surface area contributed by atoms with Gasteiger partial charge in [-0.1, -0.05) is 0 Å². The molecule has 16 heavy (non-hydrogen) atoms. The fraction of sp³-hybridized carbons (Fsp3) is 0.333. The molecule has 1 fully saturated rings. The summed E-state index contributed by atoms with van der Waals surface area (Å²) < 4.78 is 29.7. The average Bonchev–Trinajstić information content (AvgIpc) is 3.05. The molecule has 1 atom stereocenters. The SMILES string of the molecule is O=C1c2cccnc2S(=O)(=O)N1CC1CO1. The van der Waals surface area contributed by atoms with E-state index in [1.165, 1.54) is 12.3 Å². The third-order valence-electron chi connectivity index (χ3n) is 2.53. The summed E-state index contributed by atoms with van der Waals surface area (Å²) in [6, 6.07) is 3.01. The van der Waals surface area contributed by atoms with Gasteiger partial charge in [0.05, 0.1) is 24.8 Å². The van der Waals surface area contributed by atoms with Crippen molar-refractivity contribution in [2.45, 2.75) is 11.1 Å². The van der Waals surface area contributed by atoms with E-state index in [1.807, 2.05) is 0 Å². The van der Waals surface area contributed by atoms with Crippen LogP contribution in [-0.2, 0) is 14.8 Å². The summed E-state index contributed by atoms with van der Waals surface area (Å²) in [7, 11) is -3.76. The van der Waals surface area contributed by atoms with Crippen molar-refractivity contribution in [1.82, 2.24) is 9.29 Å². The molecule has 0 aromatic carbocycles. The zero-order chi connectivity index (χ0) is 11.3. The van der Waals surface area contributed by atoms with E-state index in [-0.39, 0.29) is 23.2 Å². The first-order valence-electron chi connectivity index (χ1n) is 4.74. The van der Waals surface area contributed by atoms with Gasteiger partial charge in [-0.2, -0.15) is 8.42 Å². The van der Waals surface area contributed by atoms with Crippen LogP contribution in [0.15, 0.2) is 23.4 Å². The highest BCUT2D eigenvalue weighted by atomic mass is 32.2. The number of sulfonamides is 1. The van der Waals surface area contributed by atoms with E-state index in [4.69, 9.17) is 4.74 Å². The van der Waals surface area contributed by atoms with Gasteiger partial charge in [0.15, 0.2) is 5.03 Å². The standard InChI is InChI=1S/C9H8N2O4S/c12-9-7-2-1-3-10-8(7)16(13,14)11(9)4-6-5-15-6/h1-3,6H,4-5H2. The van der Waals surface area contributed by atoms with Crippen LogP contribution in [0.2, 0.25) is 0 Å². The van der Waals surface area contributed by atoms with Crippen LogP contribution in [-0.4, -0.2) is 42.9 Å². The molecule has 1 aromatic rings. The molecular formula is C9H8N2O4S. The lowest BCUT2D eigenvalue weighted by Gasteiger charge is -2.12. The summed E-state index contributed by atoms with van der Waals surface area (Å²) in [5.74, 6) is -0.515. The molecule has 6 nitrogen and oxygen atoms in total. The highest BCUT2D eigenvalue weighted by Crippen LogP contribution is 2.29. The molecule has 3 rings (SSSR count). The number of pyridine rings is 1. The normalized spacial score (nSPS) is 25.6. The van der Waals surface area contributed by atoms with Crippen molar-refractivity contribution in [3.63, 3.8) is 0 Å². The average molecular weight is 240 g/mol. The molecule has 84 valence electrons. The summed E-state index contributed by atoms with van der Waals surface area (Å²) in [6.45, 7) is 0.584. The van der Waals surface area contributed by atoms with Crippen LogP contribution in [0.25, 0.3) is 0 Å². The molecule has 1 saturated heterocycles. The summed E-state index contributed by atoms with van der Waals surface area (Å²) in [4.78, 5) is 15.6. The Balaban J connectivity index is 2.09. The van der Waals surface area contributed by atoms with Gasteiger partial charge in [-0.25, -0.2) is 9.29 Å². The lowest BCUT2D eigenvalue weighted by atomic mass is 10.2. The van der Waals surface area contributed by atoms with Gasteiger partial charge in [-0.05, 0) is 12.1 Å². The van der Waals surface area contributed by atoms with Crippen LogP contribution in [0.4, 0.5) is 0 Å². The van der Waals surface area contributed by atoms with Crippen molar-refractivity contribution < 1.29 is 17.9 Å². The number of aromatic nitrogens is 1. The zero-order valence-corrected chi connectivity index (χ0v) is 8.98. The predicted molar refractivity (Wildman–Crippen MR) is 52.2 cm³/mol. The summed E-state index contributed by atoms with van der Waals surface area (Å²) in [6.07, 6.45) is 1.20. The van der Waals surface area contributed by atoms with E-state index in [2.05, 4.69) is 4.98 Å². The Morgan fingerprint density at radius 1 is 1.56 bits per heavy atom. The van der Waals surface area contributed by atoms with Gasteiger partial charge < -0.3 is 4.74 Å². The van der Waals surface area contributed by atoms with E-state index < -0.39 is 15.9 Å². The lowest BCUT2D eigenvalue weighted by Crippen LogP contribution is -2.33. The first-order chi connectivity index (χ1) is 7.60. The Morgan fingerprint density at radius 3 is 2.94 bits per heavy atom. The number of ether oxygens (including phenoxy) is 1. The molecule has 3 heterocycles. The van der Waals surface area contributed by atoms with Crippen LogP contribution in [0, 0.1) is 0 Å². The second-order valence-corrected chi connectivity index (χ2v) is 5.43. The molecule has 0 saturated carbocycles. The monoisotopic (exact) mass is 240 g/mol. The summed E-state index contributed by atoms with van der Waals surface area (Å²) >= 11 is 0. The minimum atomic E-state index is -3.76. The van der Waals surface area contributed by atoms with Gasteiger partial charge in [0, 0.05) is 6.20 Å². The van der Waals surface area contributed by atoms with Crippen molar-refractivity contribution in [3.05, 3.63) is 23.9 Å². The number of hydrogen-bond acceptors (Lipinski definition) is 5. The number of nitrogens with zero attached hydrogens (tertiary/aromatic N) is 2. The number of amides is 1. The third-order valence-corrected chi connectivity index (χ3v) is 4.24. The lowest BCUT2D eigenvalue weighted by molar-refractivity contribution is 0.0864. The second-order valence-electron chi connectivity index (χ2n) is 3.65. The largest absolute Gasteiger partial charge is 0.371 e. The van der Waals surface area contributed by atoms with Crippen molar-refractivity contribution in [3.8, 4) is 0 Å². The van der Waals surface area contributed by atoms with Crippen LogP contribution in [0.1, 0.15) is 10.4 Å². The van der Waals surface area contributed by atoms with E-state index in [1.54, 1.807) is 6.07 Å². The van der Waals surface area contributed by atoms with Gasteiger partial charge in [0.2, 0.25) is 0 Å². The number of carbonyl (C=O) groups excluding carboxylic acids is 1. The summed E-state index contributed by atoms with van der Waals surface area (Å²) in [5, 5.41) is -0.152. The number of epoxide rings is 1. The Morgan fingerprint density at radius 2 is 2.31 bits per heavy atom. The first kappa shape index (κ1) is 9.73. The van der Waals surface area contributed by atoms with Gasteiger partial charge in [0.1, 0.15) is 0 Å². The maximum atomic E-state index is 11.9. The van der Waals surface area contributed by atoms with E-state index >= 15 is 0 Å². The Labute approximate surface area is 91.9 Å². The maximum absolute atomic E-state index is 11.9. The number of carbonyl (C=O) groups is 1. The fourth-order valence-electron chi connectivity index (χ4n) is 1.65. The second kappa shape index (κ2) is 3.02. The fourth-order valence-corrected chi connectivity index (χ4v) is 3.16. The quantitative estimate of drug-likeness (QED) is 0.658. The van der Waals surface area contributed by atoms with Gasteiger partial charge in [-0.3, -0.25) is 4.79 Å². The molecule has 0 bridgehead atoms. The van der Waals surface area contributed by atoms with Crippen LogP contribution >= 0.6 is 0 Å². The molecule has 1 aromatic heterocycles. The molecule has 0 spiro atoms. The van der Waals surface area contributed by atoms with Crippen molar-refractivity contribution in [1.29, 1.82) is 0 Å². The minimum absolute atomic E-state index is 0.0809. The van der Waals surface area contributed by atoms with E-state index in [9.17, 15) is 13.2 Å². The molecule has 0 aliphatic carbocycles. The Hall–Kier alpha value is -1.47. The van der Waals surface area contributed by atoms with Crippen molar-refractivity contribution >= 4 is 15.9 Å². The highest BCUT2D eigenvalue weighted by molar-refractivity contribution is 7.90. The molecule has 1 unspecified atom stereocenters.